The van der Waals surface area contributed by atoms with Crippen LogP contribution in [0.5, 0.6) is 0 Å². The van der Waals surface area contributed by atoms with E-state index in [-0.39, 0.29) is 18.3 Å². The van der Waals surface area contributed by atoms with E-state index in [1.54, 1.807) is 38.1 Å². The molecule has 2 aromatic rings. The second-order valence-electron chi connectivity index (χ2n) is 7.18. The summed E-state index contributed by atoms with van der Waals surface area (Å²) in [5.41, 5.74) is -1.52. The second-order valence-corrected chi connectivity index (χ2v) is 7.59. The minimum absolute atomic E-state index is 0.0289. The summed E-state index contributed by atoms with van der Waals surface area (Å²) >= 11 is 6.16. The highest BCUT2D eigenvalue weighted by molar-refractivity contribution is 6.33. The fourth-order valence-corrected chi connectivity index (χ4v) is 3.79. The molecule has 0 spiro atoms. The van der Waals surface area contributed by atoms with Crippen LogP contribution in [0.25, 0.3) is 11.3 Å². The van der Waals surface area contributed by atoms with Crippen LogP contribution in [0.2, 0.25) is 5.02 Å². The van der Waals surface area contributed by atoms with Crippen LogP contribution in [0.3, 0.4) is 0 Å². The molecule has 144 valence electrons. The molecule has 0 radical (unpaired) electrons. The Hall–Kier alpha value is -2.31. The summed E-state index contributed by atoms with van der Waals surface area (Å²) in [6.45, 7) is 5.90. The first kappa shape index (κ1) is 19.5. The van der Waals surface area contributed by atoms with Gasteiger partial charge in [0.05, 0.1) is 11.1 Å². The van der Waals surface area contributed by atoms with Gasteiger partial charge in [-0.05, 0) is 31.2 Å². The van der Waals surface area contributed by atoms with Crippen LogP contribution in [0.1, 0.15) is 37.7 Å². The zero-order valence-electron chi connectivity index (χ0n) is 15.4. The molecule has 2 N–H and O–H groups in total. The first-order valence-electron chi connectivity index (χ1n) is 8.75. The van der Waals surface area contributed by atoms with Crippen molar-refractivity contribution in [3.63, 3.8) is 0 Å². The molecule has 0 saturated heterocycles. The Morgan fingerprint density at radius 2 is 2.00 bits per heavy atom. The smallest absolute Gasteiger partial charge is 0.330 e. The Morgan fingerprint density at radius 3 is 2.59 bits per heavy atom. The molecule has 1 fully saturated rings. The SMILES string of the molecule is CCOC1CC(NC(=O)c2ccc(-c3ccccc3Cl)o2)(C(=O)O)C1(C)C. The predicted molar refractivity (Wildman–Crippen MR) is 101 cm³/mol. The average molecular weight is 392 g/mol. The third kappa shape index (κ3) is 3.13. The Bertz CT molecular complexity index is 875. The van der Waals surface area contributed by atoms with E-state index in [0.717, 1.165) is 0 Å². The first-order chi connectivity index (χ1) is 12.7. The second kappa shape index (κ2) is 7.02. The topological polar surface area (TPSA) is 88.8 Å². The number of carboxylic acids is 1. The lowest BCUT2D eigenvalue weighted by Gasteiger charge is -2.58. The van der Waals surface area contributed by atoms with Crippen molar-refractivity contribution in [1.82, 2.24) is 5.32 Å². The van der Waals surface area contributed by atoms with E-state index in [1.165, 1.54) is 6.07 Å². The highest BCUT2D eigenvalue weighted by atomic mass is 35.5. The van der Waals surface area contributed by atoms with Crippen LogP contribution >= 0.6 is 11.6 Å². The summed E-state index contributed by atoms with van der Waals surface area (Å²) in [6, 6.07) is 10.3. The maximum absolute atomic E-state index is 12.7. The molecule has 0 bridgehead atoms. The van der Waals surface area contributed by atoms with Gasteiger partial charge in [-0.1, -0.05) is 37.6 Å². The standard InChI is InChI=1S/C20H22ClNO5/c1-4-26-16-11-20(18(24)25,19(16,2)3)22-17(23)15-10-9-14(27-15)12-7-5-6-8-13(12)21/h5-10,16H,4,11H2,1-3H3,(H,22,23)(H,24,25). The molecule has 6 nitrogen and oxygen atoms in total. The Balaban J connectivity index is 1.83. The summed E-state index contributed by atoms with van der Waals surface area (Å²) < 4.78 is 11.2. The third-order valence-corrected chi connectivity index (χ3v) is 5.76. The van der Waals surface area contributed by atoms with E-state index in [2.05, 4.69) is 5.32 Å². The molecule has 1 saturated carbocycles. The molecule has 1 aromatic heterocycles. The predicted octanol–water partition coefficient (Wildman–Crippen LogP) is 3.99. The average Bonchev–Trinajstić information content (AvgIpc) is 3.10. The van der Waals surface area contributed by atoms with Crippen molar-refractivity contribution < 1.29 is 23.8 Å². The highest BCUT2D eigenvalue weighted by Crippen LogP contribution is 2.51. The number of benzene rings is 1. The monoisotopic (exact) mass is 391 g/mol. The molecule has 1 aliphatic carbocycles. The van der Waals surface area contributed by atoms with E-state index < -0.39 is 22.8 Å². The fourth-order valence-electron chi connectivity index (χ4n) is 3.56. The summed E-state index contributed by atoms with van der Waals surface area (Å²) in [4.78, 5) is 24.7. The van der Waals surface area contributed by atoms with Crippen LogP contribution in [0, 0.1) is 5.41 Å². The van der Waals surface area contributed by atoms with E-state index in [1.807, 2.05) is 13.0 Å². The van der Waals surface area contributed by atoms with Gasteiger partial charge in [-0.15, -0.1) is 0 Å². The molecule has 1 aliphatic rings. The maximum atomic E-state index is 12.7. The zero-order chi connectivity index (χ0) is 19.8. The van der Waals surface area contributed by atoms with Crippen molar-refractivity contribution in [3.05, 3.63) is 47.2 Å². The number of halogens is 1. The maximum Gasteiger partial charge on any atom is 0.330 e. The molecule has 3 rings (SSSR count). The number of aliphatic carboxylic acids is 1. The van der Waals surface area contributed by atoms with Gasteiger partial charge in [0.25, 0.3) is 5.91 Å². The van der Waals surface area contributed by atoms with E-state index >= 15 is 0 Å². The Morgan fingerprint density at radius 1 is 1.30 bits per heavy atom. The molecule has 2 unspecified atom stereocenters. The van der Waals surface area contributed by atoms with Crippen molar-refractivity contribution >= 4 is 23.5 Å². The van der Waals surface area contributed by atoms with Gasteiger partial charge in [-0.3, -0.25) is 4.79 Å². The van der Waals surface area contributed by atoms with Gasteiger partial charge >= 0.3 is 5.97 Å². The number of carboxylic acid groups (broad SMARTS) is 1. The van der Waals surface area contributed by atoms with Crippen molar-refractivity contribution in [1.29, 1.82) is 0 Å². The molecule has 1 heterocycles. The fraction of sp³-hybridized carbons (Fsp3) is 0.400. The quantitative estimate of drug-likeness (QED) is 0.777. The molecule has 27 heavy (non-hydrogen) atoms. The summed E-state index contributed by atoms with van der Waals surface area (Å²) in [7, 11) is 0. The first-order valence-corrected chi connectivity index (χ1v) is 9.13. The van der Waals surface area contributed by atoms with Gasteiger partial charge < -0.3 is 19.6 Å². The minimum atomic E-state index is -1.42. The molecular formula is C20H22ClNO5. The van der Waals surface area contributed by atoms with Gasteiger partial charge in [0.15, 0.2) is 5.76 Å². The van der Waals surface area contributed by atoms with Gasteiger partial charge in [-0.25, -0.2) is 4.79 Å². The largest absolute Gasteiger partial charge is 0.479 e. The van der Waals surface area contributed by atoms with Crippen molar-refractivity contribution in [2.75, 3.05) is 6.61 Å². The van der Waals surface area contributed by atoms with Crippen molar-refractivity contribution in [3.8, 4) is 11.3 Å². The zero-order valence-corrected chi connectivity index (χ0v) is 16.2. The number of carbonyl (C=O) groups excluding carboxylic acids is 1. The number of hydrogen-bond acceptors (Lipinski definition) is 4. The van der Waals surface area contributed by atoms with Gasteiger partial charge in [0, 0.05) is 24.0 Å². The number of amides is 1. The lowest BCUT2D eigenvalue weighted by molar-refractivity contribution is -0.190. The number of furan rings is 1. The highest BCUT2D eigenvalue weighted by Gasteiger charge is 2.66. The Labute approximate surface area is 162 Å². The van der Waals surface area contributed by atoms with E-state index in [9.17, 15) is 14.7 Å². The minimum Gasteiger partial charge on any atom is -0.479 e. The van der Waals surface area contributed by atoms with Crippen LogP contribution in [-0.2, 0) is 9.53 Å². The molecule has 0 aliphatic heterocycles. The number of rotatable bonds is 6. The summed E-state index contributed by atoms with van der Waals surface area (Å²) in [5, 5.41) is 13.0. The molecule has 1 amide bonds. The normalized spacial score (nSPS) is 23.5. The number of ether oxygens (including phenoxy) is 1. The van der Waals surface area contributed by atoms with E-state index in [4.69, 9.17) is 20.8 Å². The number of carbonyl (C=O) groups is 2. The van der Waals surface area contributed by atoms with Crippen molar-refractivity contribution in [2.24, 2.45) is 5.41 Å². The van der Waals surface area contributed by atoms with Gasteiger partial charge in [0.1, 0.15) is 11.3 Å². The lowest BCUT2D eigenvalue weighted by Crippen LogP contribution is -2.76. The van der Waals surface area contributed by atoms with Gasteiger partial charge in [-0.2, -0.15) is 0 Å². The van der Waals surface area contributed by atoms with Gasteiger partial charge in [0.2, 0.25) is 0 Å². The molecule has 1 aromatic carbocycles. The summed E-state index contributed by atoms with van der Waals surface area (Å²) in [6.07, 6.45) is -0.0401. The van der Waals surface area contributed by atoms with E-state index in [0.29, 0.717) is 23.0 Å². The van der Waals surface area contributed by atoms with Crippen molar-refractivity contribution in [2.45, 2.75) is 38.8 Å². The molecule has 2 atom stereocenters. The van der Waals surface area contributed by atoms with Crippen LogP contribution in [0.4, 0.5) is 0 Å². The van der Waals surface area contributed by atoms with Crippen LogP contribution in [0.15, 0.2) is 40.8 Å². The number of nitrogens with one attached hydrogen (secondary N) is 1. The molecular weight excluding hydrogens is 370 g/mol. The Kier molecular flexibility index (Phi) is 5.06. The van der Waals surface area contributed by atoms with Crippen LogP contribution < -0.4 is 5.32 Å². The summed E-state index contributed by atoms with van der Waals surface area (Å²) in [5.74, 6) is -1.20. The lowest BCUT2D eigenvalue weighted by atomic mass is 9.54. The number of hydrogen-bond donors (Lipinski definition) is 2. The third-order valence-electron chi connectivity index (χ3n) is 5.43. The molecule has 7 heteroatoms. The van der Waals surface area contributed by atoms with Crippen LogP contribution in [-0.4, -0.2) is 35.2 Å².